The number of aromatic nitrogens is 3. The summed E-state index contributed by atoms with van der Waals surface area (Å²) in [4.78, 5) is 23.4. The van der Waals surface area contributed by atoms with Gasteiger partial charge in [-0.15, -0.1) is 0 Å². The summed E-state index contributed by atoms with van der Waals surface area (Å²) >= 11 is 0. The summed E-state index contributed by atoms with van der Waals surface area (Å²) in [6, 6.07) is 0.213. The molecule has 0 aliphatic rings. The molecule has 0 spiro atoms. The van der Waals surface area contributed by atoms with Crippen molar-refractivity contribution in [3.8, 4) is 6.01 Å². The standard InChI is InChI=1S/C11H19N5O3/c1-4-12-9-14-10(16-11(15-9)18-3)13-7-6-8(17)19-5-2/h4-7H2,1-3H3,(H2,12,13,14,15,16). The number of carbonyl (C=O) groups is 1. The molecule has 0 fully saturated rings. The molecular formula is C11H19N5O3. The van der Waals surface area contributed by atoms with E-state index in [-0.39, 0.29) is 18.4 Å². The Labute approximate surface area is 111 Å². The van der Waals surface area contributed by atoms with E-state index >= 15 is 0 Å². The maximum absolute atomic E-state index is 11.2. The Morgan fingerprint density at radius 3 is 2.42 bits per heavy atom. The zero-order valence-corrected chi connectivity index (χ0v) is 11.4. The Kier molecular flexibility index (Phi) is 6.34. The highest BCUT2D eigenvalue weighted by Gasteiger charge is 2.07. The lowest BCUT2D eigenvalue weighted by Crippen LogP contribution is -2.14. The predicted octanol–water partition coefficient (Wildman–Crippen LogP) is 0.677. The molecule has 0 radical (unpaired) electrons. The van der Waals surface area contributed by atoms with E-state index < -0.39 is 0 Å². The fourth-order valence-corrected chi connectivity index (χ4v) is 1.27. The van der Waals surface area contributed by atoms with Crippen LogP contribution < -0.4 is 15.4 Å². The summed E-state index contributed by atoms with van der Waals surface area (Å²) in [6.45, 7) is 5.16. The zero-order valence-electron chi connectivity index (χ0n) is 11.4. The molecule has 1 heterocycles. The number of ether oxygens (including phenoxy) is 2. The van der Waals surface area contributed by atoms with Crippen molar-refractivity contribution in [3.63, 3.8) is 0 Å². The molecule has 1 aromatic heterocycles. The van der Waals surface area contributed by atoms with Crippen molar-refractivity contribution in [3.05, 3.63) is 0 Å². The molecule has 106 valence electrons. The average Bonchev–Trinajstić information content (AvgIpc) is 2.39. The van der Waals surface area contributed by atoms with Crippen molar-refractivity contribution in [2.75, 3.05) is 37.4 Å². The quantitative estimate of drug-likeness (QED) is 0.665. The van der Waals surface area contributed by atoms with E-state index in [1.54, 1.807) is 6.92 Å². The van der Waals surface area contributed by atoms with Crippen LogP contribution in [0.4, 0.5) is 11.9 Å². The Morgan fingerprint density at radius 2 is 1.84 bits per heavy atom. The number of nitrogens with zero attached hydrogens (tertiary/aromatic N) is 3. The van der Waals surface area contributed by atoms with E-state index in [0.717, 1.165) is 0 Å². The monoisotopic (exact) mass is 269 g/mol. The van der Waals surface area contributed by atoms with E-state index in [1.807, 2.05) is 6.92 Å². The lowest BCUT2D eigenvalue weighted by Gasteiger charge is -2.08. The van der Waals surface area contributed by atoms with Gasteiger partial charge in [0.25, 0.3) is 0 Å². The molecule has 0 saturated carbocycles. The number of anilines is 2. The maximum atomic E-state index is 11.2. The third kappa shape index (κ3) is 5.36. The van der Waals surface area contributed by atoms with Crippen molar-refractivity contribution in [2.24, 2.45) is 0 Å². The summed E-state index contributed by atoms with van der Waals surface area (Å²) in [5.41, 5.74) is 0. The normalized spacial score (nSPS) is 9.84. The van der Waals surface area contributed by atoms with Gasteiger partial charge in [0.05, 0.1) is 20.1 Å². The molecule has 0 atom stereocenters. The van der Waals surface area contributed by atoms with Gasteiger partial charge < -0.3 is 20.1 Å². The summed E-state index contributed by atoms with van der Waals surface area (Å²) in [6.07, 6.45) is 0.248. The van der Waals surface area contributed by atoms with Crippen LogP contribution in [0.3, 0.4) is 0 Å². The molecule has 0 aromatic carbocycles. The topological polar surface area (TPSA) is 98.3 Å². The highest BCUT2D eigenvalue weighted by molar-refractivity contribution is 5.69. The molecule has 8 nitrogen and oxygen atoms in total. The van der Waals surface area contributed by atoms with Crippen LogP contribution in [0.15, 0.2) is 0 Å². The van der Waals surface area contributed by atoms with E-state index in [2.05, 4.69) is 25.6 Å². The minimum absolute atomic E-state index is 0.213. The van der Waals surface area contributed by atoms with Crippen molar-refractivity contribution in [1.29, 1.82) is 0 Å². The third-order valence-electron chi connectivity index (χ3n) is 2.05. The van der Waals surface area contributed by atoms with E-state index in [4.69, 9.17) is 9.47 Å². The second kappa shape index (κ2) is 8.06. The summed E-state index contributed by atoms with van der Waals surface area (Å²) in [7, 11) is 1.48. The molecule has 19 heavy (non-hydrogen) atoms. The minimum Gasteiger partial charge on any atom is -0.467 e. The number of methoxy groups -OCH3 is 1. The molecule has 0 aliphatic carbocycles. The van der Waals surface area contributed by atoms with E-state index in [0.29, 0.717) is 31.6 Å². The van der Waals surface area contributed by atoms with Crippen LogP contribution in [-0.2, 0) is 9.53 Å². The molecule has 1 aromatic rings. The van der Waals surface area contributed by atoms with E-state index in [9.17, 15) is 4.79 Å². The van der Waals surface area contributed by atoms with Gasteiger partial charge in [-0.1, -0.05) is 0 Å². The Morgan fingerprint density at radius 1 is 1.16 bits per heavy atom. The van der Waals surface area contributed by atoms with Crippen molar-refractivity contribution < 1.29 is 14.3 Å². The van der Waals surface area contributed by atoms with Crippen LogP contribution in [-0.4, -0.2) is 47.7 Å². The van der Waals surface area contributed by atoms with Gasteiger partial charge in [0.2, 0.25) is 11.9 Å². The Hall–Kier alpha value is -2.12. The van der Waals surface area contributed by atoms with Gasteiger partial charge in [-0.25, -0.2) is 0 Å². The first-order valence-corrected chi connectivity index (χ1v) is 6.13. The maximum Gasteiger partial charge on any atom is 0.322 e. The minimum atomic E-state index is -0.261. The third-order valence-corrected chi connectivity index (χ3v) is 2.05. The first kappa shape index (κ1) is 14.9. The van der Waals surface area contributed by atoms with Crippen LogP contribution in [0.1, 0.15) is 20.3 Å². The molecule has 8 heteroatoms. The zero-order chi connectivity index (χ0) is 14.1. The van der Waals surface area contributed by atoms with Gasteiger partial charge in [-0.2, -0.15) is 15.0 Å². The van der Waals surface area contributed by atoms with Crippen LogP contribution >= 0.6 is 0 Å². The second-order valence-electron chi connectivity index (χ2n) is 3.48. The van der Waals surface area contributed by atoms with Gasteiger partial charge in [-0.3, -0.25) is 4.79 Å². The van der Waals surface area contributed by atoms with Gasteiger partial charge in [0.1, 0.15) is 0 Å². The number of hydrogen-bond acceptors (Lipinski definition) is 8. The smallest absolute Gasteiger partial charge is 0.322 e. The summed E-state index contributed by atoms with van der Waals surface area (Å²) in [5.74, 6) is 0.517. The number of carbonyl (C=O) groups excluding carboxylic acids is 1. The Balaban J connectivity index is 2.56. The van der Waals surface area contributed by atoms with Crippen molar-refractivity contribution >= 4 is 17.9 Å². The number of esters is 1. The number of rotatable bonds is 8. The number of nitrogens with one attached hydrogen (secondary N) is 2. The highest BCUT2D eigenvalue weighted by atomic mass is 16.5. The van der Waals surface area contributed by atoms with E-state index in [1.165, 1.54) is 7.11 Å². The second-order valence-corrected chi connectivity index (χ2v) is 3.48. The first-order chi connectivity index (χ1) is 9.19. The SMILES string of the molecule is CCNc1nc(NCCC(=O)OCC)nc(OC)n1. The first-order valence-electron chi connectivity index (χ1n) is 6.13. The summed E-state index contributed by atoms with van der Waals surface area (Å²) < 4.78 is 9.79. The van der Waals surface area contributed by atoms with Gasteiger partial charge in [0.15, 0.2) is 0 Å². The number of hydrogen-bond donors (Lipinski definition) is 2. The fourth-order valence-electron chi connectivity index (χ4n) is 1.27. The van der Waals surface area contributed by atoms with Crippen molar-refractivity contribution in [2.45, 2.75) is 20.3 Å². The highest BCUT2D eigenvalue weighted by Crippen LogP contribution is 2.10. The lowest BCUT2D eigenvalue weighted by atomic mass is 10.4. The van der Waals surface area contributed by atoms with Gasteiger partial charge in [-0.05, 0) is 13.8 Å². The fraction of sp³-hybridized carbons (Fsp3) is 0.636. The molecular weight excluding hydrogens is 250 g/mol. The average molecular weight is 269 g/mol. The molecule has 0 bridgehead atoms. The largest absolute Gasteiger partial charge is 0.467 e. The lowest BCUT2D eigenvalue weighted by molar-refractivity contribution is -0.142. The molecule has 0 unspecified atom stereocenters. The molecule has 2 N–H and O–H groups in total. The van der Waals surface area contributed by atoms with Crippen LogP contribution in [0.25, 0.3) is 0 Å². The molecule has 0 saturated heterocycles. The molecule has 1 rings (SSSR count). The van der Waals surface area contributed by atoms with Crippen LogP contribution in [0, 0.1) is 0 Å². The van der Waals surface area contributed by atoms with Crippen LogP contribution in [0.5, 0.6) is 6.01 Å². The summed E-state index contributed by atoms with van der Waals surface area (Å²) in [5, 5.41) is 5.89. The van der Waals surface area contributed by atoms with Crippen LogP contribution in [0.2, 0.25) is 0 Å². The predicted molar refractivity (Wildman–Crippen MR) is 70.3 cm³/mol. The molecule has 0 aliphatic heterocycles. The Bertz CT molecular complexity index is 413. The van der Waals surface area contributed by atoms with Gasteiger partial charge >= 0.3 is 12.0 Å². The van der Waals surface area contributed by atoms with Gasteiger partial charge in [0, 0.05) is 13.1 Å². The van der Waals surface area contributed by atoms with Crippen molar-refractivity contribution in [1.82, 2.24) is 15.0 Å². The molecule has 0 amide bonds.